The Labute approximate surface area is 106 Å². The largest absolute Gasteiger partial charge is 0.326 e. The van der Waals surface area contributed by atoms with E-state index in [9.17, 15) is 8.42 Å². The SMILES string of the molecule is CCCN(C1CC1)S(=O)(=O)c1csc(CN)c1. The van der Waals surface area contributed by atoms with Crippen molar-refractivity contribution in [2.75, 3.05) is 6.54 Å². The van der Waals surface area contributed by atoms with E-state index in [4.69, 9.17) is 5.73 Å². The molecule has 0 unspecified atom stereocenters. The van der Waals surface area contributed by atoms with E-state index in [1.165, 1.54) is 11.3 Å². The molecule has 0 amide bonds. The molecular formula is C11H18N2O2S2. The van der Waals surface area contributed by atoms with Crippen LogP contribution in [-0.4, -0.2) is 25.3 Å². The summed E-state index contributed by atoms with van der Waals surface area (Å²) in [7, 11) is -3.30. The van der Waals surface area contributed by atoms with Crippen molar-refractivity contribution < 1.29 is 8.42 Å². The molecule has 0 atom stereocenters. The zero-order valence-corrected chi connectivity index (χ0v) is 11.6. The van der Waals surface area contributed by atoms with Crippen LogP contribution in [-0.2, 0) is 16.6 Å². The summed E-state index contributed by atoms with van der Waals surface area (Å²) >= 11 is 1.41. The van der Waals surface area contributed by atoms with E-state index < -0.39 is 10.0 Å². The van der Waals surface area contributed by atoms with Gasteiger partial charge < -0.3 is 5.73 Å². The van der Waals surface area contributed by atoms with Gasteiger partial charge in [0.25, 0.3) is 0 Å². The molecule has 0 spiro atoms. The molecule has 0 bridgehead atoms. The highest BCUT2D eigenvalue weighted by Gasteiger charge is 2.37. The molecule has 0 aromatic carbocycles. The lowest BCUT2D eigenvalue weighted by Gasteiger charge is -2.20. The van der Waals surface area contributed by atoms with Crippen LogP contribution < -0.4 is 5.73 Å². The number of hydrogen-bond acceptors (Lipinski definition) is 4. The lowest BCUT2D eigenvalue weighted by atomic mass is 10.5. The Morgan fingerprint density at radius 2 is 2.24 bits per heavy atom. The molecule has 1 aromatic heterocycles. The molecule has 1 fully saturated rings. The molecule has 17 heavy (non-hydrogen) atoms. The minimum atomic E-state index is -3.30. The standard InChI is InChI=1S/C11H18N2O2S2/c1-2-5-13(9-3-4-9)17(14,15)11-6-10(7-12)16-8-11/h6,8-9H,2-5,7,12H2,1H3. The molecule has 0 aliphatic heterocycles. The van der Waals surface area contributed by atoms with E-state index in [0.717, 1.165) is 24.1 Å². The first-order valence-electron chi connectivity index (χ1n) is 5.89. The first-order chi connectivity index (χ1) is 8.09. The molecule has 2 N–H and O–H groups in total. The molecule has 1 saturated carbocycles. The third-order valence-electron chi connectivity index (χ3n) is 2.84. The minimum absolute atomic E-state index is 0.223. The predicted octanol–water partition coefficient (Wildman–Crippen LogP) is 1.77. The van der Waals surface area contributed by atoms with E-state index in [-0.39, 0.29) is 6.04 Å². The predicted molar refractivity (Wildman–Crippen MR) is 69.4 cm³/mol. The molecule has 1 heterocycles. The van der Waals surface area contributed by atoms with Crippen LogP contribution >= 0.6 is 11.3 Å². The van der Waals surface area contributed by atoms with Crippen molar-refractivity contribution in [3.05, 3.63) is 16.3 Å². The average Bonchev–Trinajstić information content (AvgIpc) is 3.01. The van der Waals surface area contributed by atoms with Crippen molar-refractivity contribution in [2.45, 2.75) is 43.7 Å². The zero-order chi connectivity index (χ0) is 12.5. The van der Waals surface area contributed by atoms with Gasteiger partial charge in [-0.05, 0) is 25.3 Å². The fourth-order valence-corrected chi connectivity index (χ4v) is 4.74. The summed E-state index contributed by atoms with van der Waals surface area (Å²) in [5.74, 6) is 0. The molecule has 1 aliphatic rings. The van der Waals surface area contributed by atoms with Gasteiger partial charge in [-0.2, -0.15) is 4.31 Å². The number of rotatable bonds is 6. The maximum absolute atomic E-state index is 12.4. The molecule has 4 nitrogen and oxygen atoms in total. The van der Waals surface area contributed by atoms with Gasteiger partial charge in [0.15, 0.2) is 0 Å². The van der Waals surface area contributed by atoms with Crippen LogP contribution in [0.2, 0.25) is 0 Å². The molecule has 96 valence electrons. The first kappa shape index (κ1) is 13.0. The molecular weight excluding hydrogens is 256 g/mol. The minimum Gasteiger partial charge on any atom is -0.326 e. The van der Waals surface area contributed by atoms with Crippen molar-refractivity contribution >= 4 is 21.4 Å². The molecule has 0 saturated heterocycles. The quantitative estimate of drug-likeness (QED) is 0.860. The smallest absolute Gasteiger partial charge is 0.244 e. The van der Waals surface area contributed by atoms with E-state index in [0.29, 0.717) is 18.0 Å². The van der Waals surface area contributed by atoms with Gasteiger partial charge in [-0.15, -0.1) is 11.3 Å². The van der Waals surface area contributed by atoms with Gasteiger partial charge in [-0.3, -0.25) is 0 Å². The Morgan fingerprint density at radius 3 is 2.71 bits per heavy atom. The average molecular weight is 274 g/mol. The summed E-state index contributed by atoms with van der Waals surface area (Å²) < 4.78 is 26.5. The molecule has 1 aliphatic carbocycles. The molecule has 6 heteroatoms. The lowest BCUT2D eigenvalue weighted by molar-refractivity contribution is 0.403. The highest BCUT2D eigenvalue weighted by atomic mass is 32.2. The van der Waals surface area contributed by atoms with Crippen LogP contribution in [0.5, 0.6) is 0 Å². The second-order valence-electron chi connectivity index (χ2n) is 4.30. The first-order valence-corrected chi connectivity index (χ1v) is 8.21. The van der Waals surface area contributed by atoms with Gasteiger partial charge in [0.05, 0.1) is 4.90 Å². The van der Waals surface area contributed by atoms with E-state index >= 15 is 0 Å². The summed E-state index contributed by atoms with van der Waals surface area (Å²) in [6, 6.07) is 1.92. The van der Waals surface area contributed by atoms with Crippen LogP contribution in [0, 0.1) is 0 Å². The van der Waals surface area contributed by atoms with E-state index in [1.54, 1.807) is 15.8 Å². The maximum Gasteiger partial charge on any atom is 0.244 e. The van der Waals surface area contributed by atoms with Gasteiger partial charge in [-0.25, -0.2) is 8.42 Å². The summed E-state index contributed by atoms with van der Waals surface area (Å²) in [5.41, 5.74) is 5.52. The monoisotopic (exact) mass is 274 g/mol. The van der Waals surface area contributed by atoms with E-state index in [1.807, 2.05) is 6.92 Å². The third-order valence-corrected chi connectivity index (χ3v) is 5.87. The lowest BCUT2D eigenvalue weighted by Crippen LogP contribution is -2.33. The number of sulfonamides is 1. The maximum atomic E-state index is 12.4. The van der Waals surface area contributed by atoms with Gasteiger partial charge in [-0.1, -0.05) is 6.92 Å². The summed E-state index contributed by atoms with van der Waals surface area (Å²) in [6.07, 6.45) is 2.84. The normalized spacial score (nSPS) is 16.6. The Hall–Kier alpha value is -0.430. The van der Waals surface area contributed by atoms with Crippen LogP contribution in [0.4, 0.5) is 0 Å². The van der Waals surface area contributed by atoms with Crippen molar-refractivity contribution in [1.82, 2.24) is 4.31 Å². The van der Waals surface area contributed by atoms with Crippen molar-refractivity contribution in [1.29, 1.82) is 0 Å². The number of thiophene rings is 1. The number of hydrogen-bond donors (Lipinski definition) is 1. The van der Waals surface area contributed by atoms with Gasteiger partial charge in [0.1, 0.15) is 0 Å². The van der Waals surface area contributed by atoms with E-state index in [2.05, 4.69) is 0 Å². The molecule has 0 radical (unpaired) electrons. The van der Waals surface area contributed by atoms with Crippen molar-refractivity contribution in [3.8, 4) is 0 Å². The van der Waals surface area contributed by atoms with Crippen LogP contribution in [0.3, 0.4) is 0 Å². The Kier molecular flexibility index (Phi) is 3.87. The highest BCUT2D eigenvalue weighted by Crippen LogP contribution is 2.33. The topological polar surface area (TPSA) is 63.4 Å². The summed E-state index contributed by atoms with van der Waals surface area (Å²) in [6.45, 7) is 3.02. The summed E-state index contributed by atoms with van der Waals surface area (Å²) in [5, 5.41) is 1.70. The van der Waals surface area contributed by atoms with Crippen LogP contribution in [0.1, 0.15) is 31.1 Å². The third kappa shape index (κ3) is 2.70. The van der Waals surface area contributed by atoms with Crippen molar-refractivity contribution in [2.24, 2.45) is 5.73 Å². The second kappa shape index (κ2) is 5.06. The Morgan fingerprint density at radius 1 is 1.53 bits per heavy atom. The molecule has 1 aromatic rings. The zero-order valence-electron chi connectivity index (χ0n) is 9.93. The number of nitrogens with two attached hydrogens (primary N) is 1. The van der Waals surface area contributed by atoms with Gasteiger partial charge in [0.2, 0.25) is 10.0 Å². The Bertz CT molecular complexity index is 477. The summed E-state index contributed by atoms with van der Waals surface area (Å²) in [4.78, 5) is 1.32. The Balaban J connectivity index is 2.26. The van der Waals surface area contributed by atoms with Crippen molar-refractivity contribution in [3.63, 3.8) is 0 Å². The van der Waals surface area contributed by atoms with Crippen LogP contribution in [0.15, 0.2) is 16.3 Å². The highest BCUT2D eigenvalue weighted by molar-refractivity contribution is 7.89. The van der Waals surface area contributed by atoms with Crippen LogP contribution in [0.25, 0.3) is 0 Å². The van der Waals surface area contributed by atoms with Gasteiger partial charge in [0, 0.05) is 29.4 Å². The molecule has 2 rings (SSSR count). The fourth-order valence-electron chi connectivity index (χ4n) is 1.82. The van der Waals surface area contributed by atoms with Gasteiger partial charge >= 0.3 is 0 Å². The fraction of sp³-hybridized carbons (Fsp3) is 0.636. The second-order valence-corrected chi connectivity index (χ2v) is 7.19. The number of nitrogens with zero attached hydrogens (tertiary/aromatic N) is 1.